The molecule has 0 aromatic carbocycles. The first-order chi connectivity index (χ1) is 8.31. The Hall–Kier alpha value is -0.650. The fourth-order valence-electron chi connectivity index (χ4n) is 1.11. The van der Waals surface area contributed by atoms with Crippen molar-refractivity contribution < 1.29 is 23.7 Å². The van der Waals surface area contributed by atoms with E-state index in [0.717, 1.165) is 0 Å². The van der Waals surface area contributed by atoms with Crippen LogP contribution in [-0.4, -0.2) is 52.2 Å². The second-order valence-corrected chi connectivity index (χ2v) is 3.33. The predicted octanol–water partition coefficient (Wildman–Crippen LogP) is 1.40. The van der Waals surface area contributed by atoms with Gasteiger partial charge in [0.15, 0.2) is 0 Å². The van der Waals surface area contributed by atoms with Gasteiger partial charge in [0.2, 0.25) is 0 Å². The van der Waals surface area contributed by atoms with E-state index >= 15 is 0 Å². The summed E-state index contributed by atoms with van der Waals surface area (Å²) in [7, 11) is 0. The Balaban J connectivity index is 3.11. The molecular formula is C12H24O5. The minimum Gasteiger partial charge on any atom is -0.463 e. The summed E-state index contributed by atoms with van der Waals surface area (Å²) in [6.45, 7) is 7.69. The largest absolute Gasteiger partial charge is 0.463 e. The molecule has 0 radical (unpaired) electrons. The van der Waals surface area contributed by atoms with Crippen LogP contribution in [0.3, 0.4) is 0 Å². The molecule has 0 aliphatic rings. The normalized spacial score (nSPS) is 10.5. The molecule has 17 heavy (non-hydrogen) atoms. The first-order valence-corrected chi connectivity index (χ1v) is 6.20. The summed E-state index contributed by atoms with van der Waals surface area (Å²) in [5, 5.41) is 0. The van der Waals surface area contributed by atoms with Gasteiger partial charge >= 0.3 is 5.97 Å². The lowest BCUT2D eigenvalue weighted by atomic mass is 10.3. The van der Waals surface area contributed by atoms with Gasteiger partial charge < -0.3 is 18.9 Å². The maximum absolute atomic E-state index is 11.2. The lowest BCUT2D eigenvalue weighted by Crippen LogP contribution is -2.13. The van der Waals surface area contributed by atoms with Crippen molar-refractivity contribution >= 4 is 5.97 Å². The fraction of sp³-hybridized carbons (Fsp3) is 0.917. The number of hydrogen-bond donors (Lipinski definition) is 0. The van der Waals surface area contributed by atoms with Crippen molar-refractivity contribution in [2.24, 2.45) is 0 Å². The van der Waals surface area contributed by atoms with Gasteiger partial charge in [-0.15, -0.1) is 0 Å². The minimum absolute atomic E-state index is 0.196. The van der Waals surface area contributed by atoms with Gasteiger partial charge in [0, 0.05) is 26.2 Å². The molecule has 0 aromatic heterocycles. The Kier molecular flexibility index (Phi) is 12.9. The topological polar surface area (TPSA) is 54.0 Å². The Morgan fingerprint density at radius 3 is 2.12 bits per heavy atom. The molecule has 5 heteroatoms. The number of carbonyl (C=O) groups excluding carboxylic acids is 1. The molecule has 0 amide bonds. The zero-order chi connectivity index (χ0) is 12.8. The molecule has 0 saturated carbocycles. The summed E-state index contributed by atoms with van der Waals surface area (Å²) < 4.78 is 20.4. The van der Waals surface area contributed by atoms with E-state index in [-0.39, 0.29) is 5.97 Å². The fourth-order valence-corrected chi connectivity index (χ4v) is 1.11. The summed E-state index contributed by atoms with van der Waals surface area (Å²) >= 11 is 0. The maximum atomic E-state index is 11.2. The zero-order valence-corrected chi connectivity index (χ0v) is 10.9. The van der Waals surface area contributed by atoms with Crippen LogP contribution in [0.2, 0.25) is 0 Å². The summed E-state index contributed by atoms with van der Waals surface area (Å²) in [5.41, 5.74) is 0. The van der Waals surface area contributed by atoms with Crippen LogP contribution >= 0.6 is 0 Å². The van der Waals surface area contributed by atoms with Crippen LogP contribution in [0.15, 0.2) is 0 Å². The van der Waals surface area contributed by atoms with Gasteiger partial charge in [-0.2, -0.15) is 0 Å². The van der Waals surface area contributed by atoms with Gasteiger partial charge in [-0.25, -0.2) is 0 Å². The van der Waals surface area contributed by atoms with Gasteiger partial charge in [-0.05, 0) is 20.3 Å². The third-order valence-electron chi connectivity index (χ3n) is 1.94. The predicted molar refractivity (Wildman–Crippen MR) is 64.0 cm³/mol. The van der Waals surface area contributed by atoms with Gasteiger partial charge in [0.1, 0.15) is 6.61 Å². The highest BCUT2D eigenvalue weighted by Crippen LogP contribution is 1.94. The summed E-state index contributed by atoms with van der Waals surface area (Å²) in [5.74, 6) is -0.196. The molecular weight excluding hydrogens is 224 g/mol. The number of rotatable bonds is 12. The van der Waals surface area contributed by atoms with Crippen LogP contribution in [0, 0.1) is 0 Å². The third kappa shape index (κ3) is 13.3. The van der Waals surface area contributed by atoms with Crippen LogP contribution in [0.1, 0.15) is 26.7 Å². The molecule has 0 heterocycles. The molecule has 0 aromatic rings. The SMILES string of the molecule is CCOCCCC(=O)OCCOCCOCC. The molecule has 0 unspecified atom stereocenters. The molecule has 0 rings (SSSR count). The second kappa shape index (κ2) is 13.4. The van der Waals surface area contributed by atoms with E-state index in [0.29, 0.717) is 59.1 Å². The van der Waals surface area contributed by atoms with Crippen molar-refractivity contribution in [3.63, 3.8) is 0 Å². The molecule has 0 spiro atoms. The quantitative estimate of drug-likeness (QED) is 0.386. The molecule has 0 fully saturated rings. The van der Waals surface area contributed by atoms with E-state index in [1.165, 1.54) is 0 Å². The van der Waals surface area contributed by atoms with E-state index in [1.807, 2.05) is 13.8 Å². The van der Waals surface area contributed by atoms with Crippen LogP contribution in [0.4, 0.5) is 0 Å². The summed E-state index contributed by atoms with van der Waals surface area (Å²) in [6.07, 6.45) is 1.11. The van der Waals surface area contributed by atoms with E-state index in [4.69, 9.17) is 18.9 Å². The number of carbonyl (C=O) groups is 1. The van der Waals surface area contributed by atoms with E-state index in [1.54, 1.807) is 0 Å². The lowest BCUT2D eigenvalue weighted by molar-refractivity contribution is -0.145. The van der Waals surface area contributed by atoms with E-state index in [9.17, 15) is 4.79 Å². The standard InChI is InChI=1S/C12H24O5/c1-3-14-7-5-6-12(13)17-11-10-16-9-8-15-4-2/h3-11H2,1-2H3. The summed E-state index contributed by atoms with van der Waals surface area (Å²) in [4.78, 5) is 11.2. The highest BCUT2D eigenvalue weighted by molar-refractivity contribution is 5.69. The Bertz CT molecular complexity index is 172. The Morgan fingerprint density at radius 1 is 0.824 bits per heavy atom. The molecule has 102 valence electrons. The molecule has 0 aliphatic heterocycles. The van der Waals surface area contributed by atoms with Crippen molar-refractivity contribution in [1.29, 1.82) is 0 Å². The zero-order valence-electron chi connectivity index (χ0n) is 10.9. The van der Waals surface area contributed by atoms with Gasteiger partial charge in [-0.3, -0.25) is 4.79 Å². The highest BCUT2D eigenvalue weighted by atomic mass is 16.6. The van der Waals surface area contributed by atoms with Crippen LogP contribution in [0.25, 0.3) is 0 Å². The van der Waals surface area contributed by atoms with Gasteiger partial charge in [0.05, 0.1) is 19.8 Å². The number of ether oxygens (including phenoxy) is 4. The van der Waals surface area contributed by atoms with Gasteiger partial charge in [0.25, 0.3) is 0 Å². The Labute approximate surface area is 103 Å². The van der Waals surface area contributed by atoms with Crippen molar-refractivity contribution in [2.75, 3.05) is 46.2 Å². The first kappa shape index (κ1) is 16.4. The minimum atomic E-state index is -0.196. The van der Waals surface area contributed by atoms with Crippen molar-refractivity contribution in [2.45, 2.75) is 26.7 Å². The molecule has 0 saturated heterocycles. The Morgan fingerprint density at radius 2 is 1.41 bits per heavy atom. The smallest absolute Gasteiger partial charge is 0.305 e. The van der Waals surface area contributed by atoms with E-state index < -0.39 is 0 Å². The molecule has 0 atom stereocenters. The first-order valence-electron chi connectivity index (χ1n) is 6.20. The summed E-state index contributed by atoms with van der Waals surface area (Å²) in [6, 6.07) is 0. The third-order valence-corrected chi connectivity index (χ3v) is 1.94. The monoisotopic (exact) mass is 248 g/mol. The van der Waals surface area contributed by atoms with Crippen LogP contribution < -0.4 is 0 Å². The van der Waals surface area contributed by atoms with Crippen LogP contribution in [-0.2, 0) is 23.7 Å². The number of esters is 1. The van der Waals surface area contributed by atoms with Crippen molar-refractivity contribution in [1.82, 2.24) is 0 Å². The highest BCUT2D eigenvalue weighted by Gasteiger charge is 2.01. The molecule has 5 nitrogen and oxygen atoms in total. The maximum Gasteiger partial charge on any atom is 0.305 e. The van der Waals surface area contributed by atoms with Crippen LogP contribution in [0.5, 0.6) is 0 Å². The number of hydrogen-bond acceptors (Lipinski definition) is 5. The molecule has 0 N–H and O–H groups in total. The molecule has 0 aliphatic carbocycles. The van der Waals surface area contributed by atoms with Crippen molar-refractivity contribution in [3.8, 4) is 0 Å². The van der Waals surface area contributed by atoms with E-state index in [2.05, 4.69) is 0 Å². The average molecular weight is 248 g/mol. The van der Waals surface area contributed by atoms with Crippen molar-refractivity contribution in [3.05, 3.63) is 0 Å². The average Bonchev–Trinajstić information content (AvgIpc) is 2.33. The second-order valence-electron chi connectivity index (χ2n) is 3.33. The molecule has 0 bridgehead atoms. The lowest BCUT2D eigenvalue weighted by Gasteiger charge is -2.06. The van der Waals surface area contributed by atoms with Gasteiger partial charge in [-0.1, -0.05) is 0 Å².